The molecule has 2 aromatic rings. The maximum Gasteiger partial charge on any atom is 0.251 e. The standard InChI is InChI=1S/C13H15N3O2/c1-8-5-10(14)3-4-12(8)13(17)15-7-11-6-9(2)16-18-11/h3-6H,7,14H2,1-2H3,(H,15,17). The van der Waals surface area contributed by atoms with Gasteiger partial charge in [-0.1, -0.05) is 5.16 Å². The van der Waals surface area contributed by atoms with Crippen molar-refractivity contribution in [3.8, 4) is 0 Å². The highest BCUT2D eigenvalue weighted by atomic mass is 16.5. The van der Waals surface area contributed by atoms with E-state index in [4.69, 9.17) is 10.3 Å². The summed E-state index contributed by atoms with van der Waals surface area (Å²) in [4.78, 5) is 11.9. The number of carbonyl (C=O) groups excluding carboxylic acids is 1. The maximum absolute atomic E-state index is 11.9. The van der Waals surface area contributed by atoms with Crippen LogP contribution < -0.4 is 11.1 Å². The fourth-order valence-corrected chi connectivity index (χ4v) is 1.70. The molecule has 2 rings (SSSR count). The average Bonchev–Trinajstić information content (AvgIpc) is 2.72. The first-order chi connectivity index (χ1) is 8.56. The van der Waals surface area contributed by atoms with Gasteiger partial charge in [0.2, 0.25) is 0 Å². The number of nitrogens with one attached hydrogen (secondary N) is 1. The van der Waals surface area contributed by atoms with E-state index in [-0.39, 0.29) is 5.91 Å². The molecule has 0 bridgehead atoms. The van der Waals surface area contributed by atoms with E-state index in [9.17, 15) is 4.79 Å². The molecule has 1 aromatic heterocycles. The molecule has 18 heavy (non-hydrogen) atoms. The molecule has 0 aliphatic heterocycles. The molecule has 0 atom stereocenters. The van der Waals surface area contributed by atoms with Gasteiger partial charge in [0.05, 0.1) is 12.2 Å². The van der Waals surface area contributed by atoms with Crippen LogP contribution in [0.1, 0.15) is 27.4 Å². The predicted octanol–water partition coefficient (Wildman–Crippen LogP) is 1.80. The number of carbonyl (C=O) groups is 1. The molecule has 0 fully saturated rings. The lowest BCUT2D eigenvalue weighted by Gasteiger charge is -2.06. The number of aryl methyl sites for hydroxylation is 2. The minimum Gasteiger partial charge on any atom is -0.399 e. The zero-order valence-corrected chi connectivity index (χ0v) is 10.4. The number of amides is 1. The van der Waals surface area contributed by atoms with Gasteiger partial charge in [0, 0.05) is 17.3 Å². The fourth-order valence-electron chi connectivity index (χ4n) is 1.70. The van der Waals surface area contributed by atoms with Crippen LogP contribution in [0.2, 0.25) is 0 Å². The van der Waals surface area contributed by atoms with Crippen molar-refractivity contribution in [2.24, 2.45) is 0 Å². The van der Waals surface area contributed by atoms with Gasteiger partial charge >= 0.3 is 0 Å². The third-order valence-corrected chi connectivity index (χ3v) is 2.60. The molecule has 0 unspecified atom stereocenters. The van der Waals surface area contributed by atoms with Crippen molar-refractivity contribution in [2.45, 2.75) is 20.4 Å². The molecular formula is C13H15N3O2. The van der Waals surface area contributed by atoms with E-state index in [1.54, 1.807) is 24.3 Å². The zero-order chi connectivity index (χ0) is 13.1. The second-order valence-corrected chi connectivity index (χ2v) is 4.19. The topological polar surface area (TPSA) is 81.2 Å². The monoisotopic (exact) mass is 245 g/mol. The number of hydrogen-bond donors (Lipinski definition) is 2. The Morgan fingerprint density at radius 3 is 2.78 bits per heavy atom. The van der Waals surface area contributed by atoms with Gasteiger partial charge in [-0.3, -0.25) is 4.79 Å². The second kappa shape index (κ2) is 4.91. The van der Waals surface area contributed by atoms with E-state index in [1.165, 1.54) is 0 Å². The zero-order valence-electron chi connectivity index (χ0n) is 10.4. The van der Waals surface area contributed by atoms with Crippen LogP contribution in [0.4, 0.5) is 5.69 Å². The van der Waals surface area contributed by atoms with E-state index in [2.05, 4.69) is 10.5 Å². The van der Waals surface area contributed by atoms with Crippen molar-refractivity contribution in [1.82, 2.24) is 10.5 Å². The summed E-state index contributed by atoms with van der Waals surface area (Å²) in [5, 5.41) is 6.53. The number of nitrogen functional groups attached to an aromatic ring is 1. The highest BCUT2D eigenvalue weighted by Crippen LogP contribution is 2.12. The molecule has 0 spiro atoms. The van der Waals surface area contributed by atoms with Gasteiger partial charge in [0.25, 0.3) is 5.91 Å². The Morgan fingerprint density at radius 1 is 1.39 bits per heavy atom. The number of rotatable bonds is 3. The summed E-state index contributed by atoms with van der Waals surface area (Å²) in [6, 6.07) is 6.98. The Labute approximate surface area is 105 Å². The summed E-state index contributed by atoms with van der Waals surface area (Å²) in [6.45, 7) is 4.01. The minimum atomic E-state index is -0.151. The average molecular weight is 245 g/mol. The first-order valence-electron chi connectivity index (χ1n) is 5.63. The van der Waals surface area contributed by atoms with Crippen LogP contribution in [-0.2, 0) is 6.54 Å². The van der Waals surface area contributed by atoms with Crippen molar-refractivity contribution in [2.75, 3.05) is 5.73 Å². The summed E-state index contributed by atoms with van der Waals surface area (Å²) in [7, 11) is 0. The van der Waals surface area contributed by atoms with Gasteiger partial charge in [0.1, 0.15) is 0 Å². The Bertz CT molecular complexity index is 575. The predicted molar refractivity (Wildman–Crippen MR) is 68.0 cm³/mol. The number of hydrogen-bond acceptors (Lipinski definition) is 4. The highest BCUT2D eigenvalue weighted by molar-refractivity contribution is 5.95. The third kappa shape index (κ3) is 2.68. The van der Waals surface area contributed by atoms with Crippen molar-refractivity contribution >= 4 is 11.6 Å². The van der Waals surface area contributed by atoms with Crippen LogP contribution in [0.25, 0.3) is 0 Å². The first-order valence-corrected chi connectivity index (χ1v) is 5.63. The smallest absolute Gasteiger partial charge is 0.251 e. The van der Waals surface area contributed by atoms with Crippen LogP contribution >= 0.6 is 0 Å². The first kappa shape index (κ1) is 12.2. The molecule has 0 radical (unpaired) electrons. The lowest BCUT2D eigenvalue weighted by atomic mass is 10.1. The van der Waals surface area contributed by atoms with Crippen LogP contribution in [-0.4, -0.2) is 11.1 Å². The van der Waals surface area contributed by atoms with E-state index in [0.717, 1.165) is 11.3 Å². The van der Waals surface area contributed by atoms with E-state index in [1.807, 2.05) is 13.8 Å². The van der Waals surface area contributed by atoms with Gasteiger partial charge in [-0.2, -0.15) is 0 Å². The summed E-state index contributed by atoms with van der Waals surface area (Å²) in [5.74, 6) is 0.482. The van der Waals surface area contributed by atoms with Crippen molar-refractivity contribution in [3.05, 3.63) is 46.8 Å². The summed E-state index contributed by atoms with van der Waals surface area (Å²) in [5.41, 5.74) is 8.54. The molecule has 0 aliphatic carbocycles. The maximum atomic E-state index is 11.9. The molecule has 1 heterocycles. The molecular weight excluding hydrogens is 230 g/mol. The molecule has 0 aliphatic rings. The second-order valence-electron chi connectivity index (χ2n) is 4.19. The van der Waals surface area contributed by atoms with Gasteiger partial charge in [-0.05, 0) is 37.6 Å². The minimum absolute atomic E-state index is 0.151. The van der Waals surface area contributed by atoms with E-state index in [0.29, 0.717) is 23.6 Å². The normalized spacial score (nSPS) is 10.3. The summed E-state index contributed by atoms with van der Waals surface area (Å²) >= 11 is 0. The number of anilines is 1. The summed E-state index contributed by atoms with van der Waals surface area (Å²) < 4.78 is 5.02. The molecule has 94 valence electrons. The number of aromatic nitrogens is 1. The third-order valence-electron chi connectivity index (χ3n) is 2.60. The molecule has 5 nitrogen and oxygen atoms in total. The Morgan fingerprint density at radius 2 is 2.17 bits per heavy atom. The van der Waals surface area contributed by atoms with Gasteiger partial charge < -0.3 is 15.6 Å². The largest absolute Gasteiger partial charge is 0.399 e. The highest BCUT2D eigenvalue weighted by Gasteiger charge is 2.09. The Balaban J connectivity index is 2.03. The van der Waals surface area contributed by atoms with Crippen LogP contribution in [0, 0.1) is 13.8 Å². The quantitative estimate of drug-likeness (QED) is 0.808. The van der Waals surface area contributed by atoms with Crippen molar-refractivity contribution in [1.29, 1.82) is 0 Å². The van der Waals surface area contributed by atoms with Gasteiger partial charge in [0.15, 0.2) is 5.76 Å². The van der Waals surface area contributed by atoms with Crippen LogP contribution in [0.5, 0.6) is 0 Å². The SMILES string of the molecule is Cc1cc(CNC(=O)c2ccc(N)cc2C)on1. The Hall–Kier alpha value is -2.30. The van der Waals surface area contributed by atoms with Crippen molar-refractivity contribution in [3.63, 3.8) is 0 Å². The lowest BCUT2D eigenvalue weighted by molar-refractivity contribution is 0.0946. The molecule has 3 N–H and O–H groups in total. The van der Waals surface area contributed by atoms with Crippen LogP contribution in [0.3, 0.4) is 0 Å². The number of nitrogens with zero attached hydrogens (tertiary/aromatic N) is 1. The van der Waals surface area contributed by atoms with Crippen molar-refractivity contribution < 1.29 is 9.32 Å². The number of nitrogens with two attached hydrogens (primary N) is 1. The molecule has 0 saturated carbocycles. The molecule has 1 aromatic carbocycles. The molecule has 5 heteroatoms. The van der Waals surface area contributed by atoms with E-state index < -0.39 is 0 Å². The summed E-state index contributed by atoms with van der Waals surface area (Å²) in [6.07, 6.45) is 0. The number of benzene rings is 1. The van der Waals surface area contributed by atoms with E-state index >= 15 is 0 Å². The molecule has 1 amide bonds. The fraction of sp³-hybridized carbons (Fsp3) is 0.231. The van der Waals surface area contributed by atoms with Gasteiger partial charge in [-0.15, -0.1) is 0 Å². The lowest BCUT2D eigenvalue weighted by Crippen LogP contribution is -2.23. The van der Waals surface area contributed by atoms with Gasteiger partial charge in [-0.25, -0.2) is 0 Å². The Kier molecular flexibility index (Phi) is 3.32. The molecule has 0 saturated heterocycles. The van der Waals surface area contributed by atoms with Crippen LogP contribution in [0.15, 0.2) is 28.8 Å².